The third-order valence-electron chi connectivity index (χ3n) is 5.82. The second-order valence-corrected chi connectivity index (χ2v) is 10.8. The van der Waals surface area contributed by atoms with E-state index in [-0.39, 0.29) is 54.6 Å². The average molecular weight is 538 g/mol. The van der Waals surface area contributed by atoms with Crippen LogP contribution in [0.5, 0.6) is 11.5 Å². The number of carbonyl (C=O) groups excluding carboxylic acids is 3. The molecule has 0 heterocycles. The van der Waals surface area contributed by atoms with Crippen LogP contribution in [-0.2, 0) is 23.9 Å². The van der Waals surface area contributed by atoms with Gasteiger partial charge < -0.3 is 29.8 Å². The number of nitrogens with two attached hydrogens (primary N) is 1. The van der Waals surface area contributed by atoms with Gasteiger partial charge in [0.2, 0.25) is 0 Å². The Balaban J connectivity index is 3.29. The molecule has 10 heteroatoms. The highest BCUT2D eigenvalue weighted by molar-refractivity contribution is 5.77. The normalized spacial score (nSPS) is 14.5. The minimum atomic E-state index is -1.36. The fraction of sp³-hybridized carbons (Fsp3) is 0.643. The van der Waals surface area contributed by atoms with Crippen LogP contribution in [0.25, 0.3) is 0 Å². The highest BCUT2D eigenvalue weighted by atomic mass is 16.7. The minimum absolute atomic E-state index is 0.0217. The number of hydrogen-bond acceptors (Lipinski definition) is 9. The van der Waals surface area contributed by atoms with Crippen molar-refractivity contribution >= 4 is 24.1 Å². The average Bonchev–Trinajstić information content (AvgIpc) is 2.76. The van der Waals surface area contributed by atoms with E-state index in [1.807, 2.05) is 41.5 Å². The molecule has 214 valence electrons. The maximum Gasteiger partial charge on any atom is 0.508 e. The molecule has 0 saturated carbocycles. The van der Waals surface area contributed by atoms with Crippen molar-refractivity contribution in [3.8, 4) is 11.5 Å². The molecule has 0 aliphatic carbocycles. The number of aliphatic carboxylic acids is 1. The van der Waals surface area contributed by atoms with Crippen molar-refractivity contribution in [1.82, 2.24) is 0 Å². The Labute approximate surface area is 225 Å². The zero-order chi connectivity index (χ0) is 29.2. The van der Waals surface area contributed by atoms with Gasteiger partial charge in [-0.25, -0.2) is 4.79 Å². The monoisotopic (exact) mass is 537 g/mol. The quantitative estimate of drug-likeness (QED) is 0.243. The first-order valence-corrected chi connectivity index (χ1v) is 13.0. The Morgan fingerprint density at radius 1 is 0.816 bits per heavy atom. The van der Waals surface area contributed by atoms with Crippen LogP contribution < -0.4 is 15.2 Å². The van der Waals surface area contributed by atoms with Gasteiger partial charge in [-0.3, -0.25) is 14.4 Å². The Hall–Kier alpha value is -3.14. The lowest BCUT2D eigenvalue weighted by Gasteiger charge is -2.26. The SMILES string of the molecule is CC(C)CC(=O)Oc1ccc(C(CC(C)OC(=O)OC(C)C(C)C)[C@H](N)C(=O)O)cc1OC(=O)CC(C)C. The molecule has 10 nitrogen and oxygen atoms in total. The van der Waals surface area contributed by atoms with Gasteiger partial charge in [0.25, 0.3) is 0 Å². The third-order valence-corrected chi connectivity index (χ3v) is 5.82. The summed E-state index contributed by atoms with van der Waals surface area (Å²) in [6, 6.07) is 3.07. The summed E-state index contributed by atoms with van der Waals surface area (Å²) in [7, 11) is 0. The van der Waals surface area contributed by atoms with Crippen LogP contribution in [0.2, 0.25) is 0 Å². The molecule has 0 amide bonds. The topological polar surface area (TPSA) is 151 Å². The van der Waals surface area contributed by atoms with Crippen molar-refractivity contribution in [3.63, 3.8) is 0 Å². The van der Waals surface area contributed by atoms with Gasteiger partial charge in [-0.15, -0.1) is 0 Å². The lowest BCUT2D eigenvalue weighted by molar-refractivity contribution is -0.139. The fourth-order valence-electron chi connectivity index (χ4n) is 3.46. The minimum Gasteiger partial charge on any atom is -0.480 e. The predicted molar refractivity (Wildman–Crippen MR) is 141 cm³/mol. The van der Waals surface area contributed by atoms with E-state index >= 15 is 0 Å². The van der Waals surface area contributed by atoms with Gasteiger partial charge in [0.1, 0.15) is 18.2 Å². The van der Waals surface area contributed by atoms with Gasteiger partial charge in [0.15, 0.2) is 11.5 Å². The summed E-state index contributed by atoms with van der Waals surface area (Å²) in [6.07, 6.45) is -1.63. The molecule has 1 aromatic carbocycles. The van der Waals surface area contributed by atoms with Gasteiger partial charge in [0, 0.05) is 18.8 Å². The molecule has 1 rings (SSSR count). The zero-order valence-corrected chi connectivity index (χ0v) is 23.7. The molecular formula is C28H43NO9. The molecule has 38 heavy (non-hydrogen) atoms. The summed E-state index contributed by atoms with van der Waals surface area (Å²) in [5, 5.41) is 9.65. The number of carboxylic acids is 1. The van der Waals surface area contributed by atoms with Crippen molar-refractivity contribution in [2.45, 2.75) is 98.8 Å². The van der Waals surface area contributed by atoms with Gasteiger partial charge in [0.05, 0.1) is 0 Å². The molecule has 0 aliphatic rings. The smallest absolute Gasteiger partial charge is 0.480 e. The molecule has 1 aromatic rings. The van der Waals surface area contributed by atoms with Crippen LogP contribution in [0.15, 0.2) is 18.2 Å². The lowest BCUT2D eigenvalue weighted by Crippen LogP contribution is -2.38. The van der Waals surface area contributed by atoms with Gasteiger partial charge in [-0.05, 0) is 55.7 Å². The van der Waals surface area contributed by atoms with E-state index < -0.39 is 42.1 Å². The summed E-state index contributed by atoms with van der Waals surface area (Å²) >= 11 is 0. The van der Waals surface area contributed by atoms with E-state index in [2.05, 4.69) is 0 Å². The van der Waals surface area contributed by atoms with Gasteiger partial charge in [-0.2, -0.15) is 0 Å². The van der Waals surface area contributed by atoms with E-state index in [0.29, 0.717) is 5.56 Å². The number of rotatable bonds is 14. The lowest BCUT2D eigenvalue weighted by atomic mass is 9.87. The standard InChI is InChI=1S/C28H43NO9/c1-15(2)11-24(30)37-22-10-9-20(14-23(22)38-25(31)12-16(3)4)21(26(29)27(32)33)13-18(7)35-28(34)36-19(8)17(5)6/h9-10,14-19,21,26H,11-13,29H2,1-8H3,(H,32,33)/t18?,19?,21?,26-/m0/s1. The van der Waals surface area contributed by atoms with Crippen LogP contribution in [0.1, 0.15) is 86.1 Å². The predicted octanol–water partition coefficient (Wildman–Crippen LogP) is 5.06. The molecule has 0 fully saturated rings. The number of carbonyl (C=O) groups is 4. The molecule has 0 bridgehead atoms. The van der Waals surface area contributed by atoms with E-state index in [1.54, 1.807) is 19.9 Å². The van der Waals surface area contributed by atoms with Crippen LogP contribution in [0.3, 0.4) is 0 Å². The van der Waals surface area contributed by atoms with Crippen molar-refractivity contribution in [1.29, 1.82) is 0 Å². The van der Waals surface area contributed by atoms with Crippen molar-refractivity contribution < 1.29 is 43.2 Å². The molecule has 3 N–H and O–H groups in total. The molecular weight excluding hydrogens is 494 g/mol. The molecule has 0 radical (unpaired) electrons. The maximum absolute atomic E-state index is 12.4. The molecule has 4 atom stereocenters. The van der Waals surface area contributed by atoms with E-state index in [1.165, 1.54) is 12.1 Å². The van der Waals surface area contributed by atoms with Crippen LogP contribution in [-0.4, -0.2) is 47.4 Å². The van der Waals surface area contributed by atoms with E-state index in [4.69, 9.17) is 24.7 Å². The van der Waals surface area contributed by atoms with Crippen molar-refractivity contribution in [3.05, 3.63) is 23.8 Å². The summed E-state index contributed by atoms with van der Waals surface area (Å²) in [4.78, 5) is 48.7. The number of hydrogen-bond donors (Lipinski definition) is 2. The Bertz CT molecular complexity index is 958. The van der Waals surface area contributed by atoms with Crippen molar-refractivity contribution in [2.75, 3.05) is 0 Å². The Morgan fingerprint density at radius 3 is 1.82 bits per heavy atom. The molecule has 0 aliphatic heterocycles. The van der Waals surface area contributed by atoms with Crippen LogP contribution >= 0.6 is 0 Å². The van der Waals surface area contributed by atoms with E-state index in [0.717, 1.165) is 0 Å². The molecule has 0 aromatic heterocycles. The summed E-state index contributed by atoms with van der Waals surface area (Å²) < 4.78 is 21.5. The van der Waals surface area contributed by atoms with Crippen LogP contribution in [0, 0.1) is 17.8 Å². The van der Waals surface area contributed by atoms with Gasteiger partial charge in [-0.1, -0.05) is 47.6 Å². The second-order valence-electron chi connectivity index (χ2n) is 10.8. The summed E-state index contributed by atoms with van der Waals surface area (Å²) in [5.74, 6) is -2.92. The summed E-state index contributed by atoms with van der Waals surface area (Å²) in [6.45, 7) is 14.6. The number of carboxylic acid groups (broad SMARTS) is 1. The highest BCUT2D eigenvalue weighted by Crippen LogP contribution is 2.35. The maximum atomic E-state index is 12.4. The third kappa shape index (κ3) is 11.5. The van der Waals surface area contributed by atoms with E-state index in [9.17, 15) is 24.3 Å². The zero-order valence-electron chi connectivity index (χ0n) is 23.7. The highest BCUT2D eigenvalue weighted by Gasteiger charge is 2.30. The first-order chi connectivity index (χ1) is 17.6. The first kappa shape index (κ1) is 32.9. The first-order valence-electron chi connectivity index (χ1n) is 13.0. The number of ether oxygens (including phenoxy) is 4. The molecule has 3 unspecified atom stereocenters. The largest absolute Gasteiger partial charge is 0.508 e. The van der Waals surface area contributed by atoms with Crippen molar-refractivity contribution in [2.24, 2.45) is 23.5 Å². The fourth-order valence-corrected chi connectivity index (χ4v) is 3.46. The summed E-state index contributed by atoms with van der Waals surface area (Å²) in [5.41, 5.74) is 6.43. The van der Waals surface area contributed by atoms with Gasteiger partial charge >= 0.3 is 24.1 Å². The Kier molecular flexibility index (Phi) is 13.3. The second kappa shape index (κ2) is 15.3. The number of esters is 2. The van der Waals surface area contributed by atoms with Crippen LogP contribution in [0.4, 0.5) is 4.79 Å². The number of benzene rings is 1. The molecule has 0 spiro atoms. The Morgan fingerprint density at radius 2 is 1.34 bits per heavy atom. The molecule has 0 saturated heterocycles.